The zero-order chi connectivity index (χ0) is 20.6. The van der Waals surface area contributed by atoms with Gasteiger partial charge in [-0.05, 0) is 23.8 Å². The Hall–Kier alpha value is -3.32. The van der Waals surface area contributed by atoms with Gasteiger partial charge in [-0.25, -0.2) is 17.2 Å². The third kappa shape index (κ3) is 3.45. The van der Waals surface area contributed by atoms with E-state index in [2.05, 4.69) is 0 Å². The average Bonchev–Trinajstić information content (AvgIpc) is 2.73. The Morgan fingerprint density at radius 3 is 2.07 bits per heavy atom. The molecule has 7 heteroatoms. The third-order valence-electron chi connectivity index (χ3n) is 4.63. The molecular weight excluding hydrogens is 396 g/mol. The summed E-state index contributed by atoms with van der Waals surface area (Å²) in [7, 11) is -4.15. The molecular formula is C22H15F2NO3S. The highest BCUT2D eigenvalue weighted by Gasteiger charge is 2.24. The molecule has 4 aromatic rings. The van der Waals surface area contributed by atoms with E-state index < -0.39 is 31.8 Å². The third-order valence-corrected chi connectivity index (χ3v) is 6.39. The number of aromatic nitrogens is 1. The van der Waals surface area contributed by atoms with E-state index in [0.29, 0.717) is 0 Å². The highest BCUT2D eigenvalue weighted by atomic mass is 32.2. The van der Waals surface area contributed by atoms with Gasteiger partial charge in [0.15, 0.2) is 11.6 Å². The van der Waals surface area contributed by atoms with Gasteiger partial charge in [-0.3, -0.25) is 4.79 Å². The molecule has 4 nitrogen and oxygen atoms in total. The molecule has 0 fully saturated rings. The van der Waals surface area contributed by atoms with Crippen LogP contribution in [0.4, 0.5) is 8.78 Å². The molecule has 0 amide bonds. The van der Waals surface area contributed by atoms with Gasteiger partial charge in [0.1, 0.15) is 4.90 Å². The zero-order valence-electron chi connectivity index (χ0n) is 15.0. The molecule has 0 radical (unpaired) electrons. The lowest BCUT2D eigenvalue weighted by Gasteiger charge is -2.14. The summed E-state index contributed by atoms with van der Waals surface area (Å²) in [5.74, 6) is -2.33. The smallest absolute Gasteiger partial charge is 0.211 e. The molecule has 29 heavy (non-hydrogen) atoms. The van der Waals surface area contributed by atoms with Gasteiger partial charge >= 0.3 is 0 Å². The Morgan fingerprint density at radius 2 is 1.41 bits per heavy atom. The Balaban J connectivity index is 2.02. The second kappa shape index (κ2) is 7.25. The Morgan fingerprint density at radius 1 is 0.828 bits per heavy atom. The molecule has 0 aliphatic carbocycles. The van der Waals surface area contributed by atoms with E-state index >= 15 is 0 Å². The van der Waals surface area contributed by atoms with Crippen molar-refractivity contribution in [3.8, 4) is 0 Å². The molecule has 0 atom stereocenters. The monoisotopic (exact) mass is 411 g/mol. The van der Waals surface area contributed by atoms with Gasteiger partial charge in [0, 0.05) is 18.8 Å². The van der Waals surface area contributed by atoms with Gasteiger partial charge in [0.2, 0.25) is 15.3 Å². The van der Waals surface area contributed by atoms with Crippen LogP contribution < -0.4 is 5.43 Å². The molecule has 0 saturated carbocycles. The van der Waals surface area contributed by atoms with E-state index in [0.717, 1.165) is 17.7 Å². The molecule has 4 rings (SSSR count). The number of rotatable bonds is 4. The Kier molecular flexibility index (Phi) is 4.76. The summed E-state index contributed by atoms with van der Waals surface area (Å²) in [6, 6.07) is 18.2. The van der Waals surface area contributed by atoms with Crippen molar-refractivity contribution in [1.29, 1.82) is 0 Å². The number of hydrogen-bond acceptors (Lipinski definition) is 3. The van der Waals surface area contributed by atoms with Gasteiger partial charge in [0.25, 0.3) is 0 Å². The fraction of sp³-hybridized carbons (Fsp3) is 0.0455. The molecule has 0 saturated heterocycles. The van der Waals surface area contributed by atoms with Crippen molar-refractivity contribution in [2.24, 2.45) is 0 Å². The molecule has 1 aromatic heterocycles. The second-order valence-electron chi connectivity index (χ2n) is 6.54. The van der Waals surface area contributed by atoms with Crippen LogP contribution in [0.1, 0.15) is 5.56 Å². The van der Waals surface area contributed by atoms with Crippen molar-refractivity contribution in [2.45, 2.75) is 16.3 Å². The van der Waals surface area contributed by atoms with Crippen molar-refractivity contribution >= 4 is 20.7 Å². The van der Waals surface area contributed by atoms with E-state index in [9.17, 15) is 22.0 Å². The van der Waals surface area contributed by atoms with Crippen LogP contribution in [0.15, 0.2) is 93.6 Å². The first-order valence-electron chi connectivity index (χ1n) is 8.74. The topological polar surface area (TPSA) is 56.1 Å². The lowest BCUT2D eigenvalue weighted by atomic mass is 10.1. The van der Waals surface area contributed by atoms with Crippen LogP contribution in [-0.2, 0) is 16.4 Å². The van der Waals surface area contributed by atoms with E-state index in [1.165, 1.54) is 22.9 Å². The van der Waals surface area contributed by atoms with Crippen molar-refractivity contribution in [3.63, 3.8) is 0 Å². The first kappa shape index (κ1) is 19.0. The number of sulfone groups is 1. The minimum Gasteiger partial charge on any atom is -0.341 e. The highest BCUT2D eigenvalue weighted by molar-refractivity contribution is 7.91. The number of benzene rings is 3. The predicted octanol–water partition coefficient (Wildman–Crippen LogP) is 4.16. The van der Waals surface area contributed by atoms with Crippen LogP contribution in [0, 0.1) is 11.6 Å². The van der Waals surface area contributed by atoms with Gasteiger partial charge in [0.05, 0.1) is 15.8 Å². The van der Waals surface area contributed by atoms with Gasteiger partial charge in [-0.15, -0.1) is 0 Å². The molecule has 0 aliphatic heterocycles. The average molecular weight is 411 g/mol. The van der Waals surface area contributed by atoms with Crippen LogP contribution in [-0.4, -0.2) is 13.0 Å². The standard InChI is InChI=1S/C22H15F2NO3S/c23-18-11-17-20(12-19(18)24)25(13-15-7-3-1-4-8-15)14-21(22(17)26)29(27,28)16-9-5-2-6-10-16/h1-12,14H,13H2. The zero-order valence-corrected chi connectivity index (χ0v) is 15.9. The molecule has 146 valence electrons. The number of pyridine rings is 1. The summed E-state index contributed by atoms with van der Waals surface area (Å²) in [6.07, 6.45) is 1.19. The number of fused-ring (bicyclic) bond motifs is 1. The number of halogens is 2. The Labute approximate surface area is 165 Å². The van der Waals surface area contributed by atoms with Crippen molar-refractivity contribution in [2.75, 3.05) is 0 Å². The highest BCUT2D eigenvalue weighted by Crippen LogP contribution is 2.23. The summed E-state index contributed by atoms with van der Waals surface area (Å²) in [4.78, 5) is 12.4. The largest absolute Gasteiger partial charge is 0.341 e. The van der Waals surface area contributed by atoms with Crippen LogP contribution in [0.3, 0.4) is 0 Å². The fourth-order valence-electron chi connectivity index (χ4n) is 3.19. The summed E-state index contributed by atoms with van der Waals surface area (Å²) >= 11 is 0. The maximum absolute atomic E-state index is 13.9. The summed E-state index contributed by atoms with van der Waals surface area (Å²) in [6.45, 7) is 0.181. The maximum atomic E-state index is 13.9. The normalized spacial score (nSPS) is 11.7. The molecule has 0 spiro atoms. The summed E-state index contributed by atoms with van der Waals surface area (Å²) < 4.78 is 55.4. The minimum atomic E-state index is -4.15. The van der Waals surface area contributed by atoms with Crippen LogP contribution in [0.2, 0.25) is 0 Å². The molecule has 0 N–H and O–H groups in total. The van der Waals surface area contributed by atoms with Crippen molar-refractivity contribution < 1.29 is 17.2 Å². The predicted molar refractivity (Wildman–Crippen MR) is 106 cm³/mol. The van der Waals surface area contributed by atoms with Gasteiger partial charge in [-0.1, -0.05) is 48.5 Å². The first-order valence-corrected chi connectivity index (χ1v) is 10.2. The SMILES string of the molecule is O=c1c(S(=O)(=O)c2ccccc2)cn(Cc2ccccc2)c2cc(F)c(F)cc12. The fourth-order valence-corrected chi connectivity index (χ4v) is 4.58. The molecule has 0 aliphatic rings. The summed E-state index contributed by atoms with van der Waals surface area (Å²) in [5.41, 5.74) is 0.0575. The van der Waals surface area contributed by atoms with E-state index in [-0.39, 0.29) is 22.3 Å². The van der Waals surface area contributed by atoms with E-state index in [1.54, 1.807) is 18.2 Å². The van der Waals surface area contributed by atoms with Crippen LogP contribution in [0.25, 0.3) is 10.9 Å². The quantitative estimate of drug-likeness (QED) is 0.507. The minimum absolute atomic E-state index is 0.0507. The number of nitrogens with zero attached hydrogens (tertiary/aromatic N) is 1. The van der Waals surface area contributed by atoms with Crippen molar-refractivity contribution in [1.82, 2.24) is 4.57 Å². The lowest BCUT2D eigenvalue weighted by Crippen LogP contribution is -2.20. The van der Waals surface area contributed by atoms with E-state index in [4.69, 9.17) is 0 Å². The molecule has 1 heterocycles. The van der Waals surface area contributed by atoms with Gasteiger partial charge in [-0.2, -0.15) is 0 Å². The van der Waals surface area contributed by atoms with Crippen LogP contribution in [0.5, 0.6) is 0 Å². The maximum Gasteiger partial charge on any atom is 0.211 e. The first-order chi connectivity index (χ1) is 13.9. The van der Waals surface area contributed by atoms with Crippen molar-refractivity contribution in [3.05, 3.63) is 106 Å². The second-order valence-corrected chi connectivity index (χ2v) is 8.45. The van der Waals surface area contributed by atoms with Gasteiger partial charge < -0.3 is 4.57 Å². The molecule has 0 bridgehead atoms. The lowest BCUT2D eigenvalue weighted by molar-refractivity contribution is 0.510. The Bertz CT molecular complexity index is 1370. The van der Waals surface area contributed by atoms with Crippen LogP contribution >= 0.6 is 0 Å². The molecule has 3 aromatic carbocycles. The summed E-state index contributed by atoms with van der Waals surface area (Å²) in [5, 5.41) is -0.197. The number of hydrogen-bond donors (Lipinski definition) is 0. The molecule has 0 unspecified atom stereocenters. The van der Waals surface area contributed by atoms with E-state index in [1.807, 2.05) is 30.3 Å².